The predicted molar refractivity (Wildman–Crippen MR) is 142 cm³/mol. The number of thiazole rings is 1. The van der Waals surface area contributed by atoms with Gasteiger partial charge in [0.25, 0.3) is 10.0 Å². The quantitative estimate of drug-likeness (QED) is 0.320. The van der Waals surface area contributed by atoms with Crippen molar-refractivity contribution < 1.29 is 21.9 Å². The first-order chi connectivity index (χ1) is 16.8. The summed E-state index contributed by atoms with van der Waals surface area (Å²) in [7, 11) is -4.22. The Hall–Kier alpha value is -2.24. The van der Waals surface area contributed by atoms with Crippen LogP contribution in [0.3, 0.4) is 0 Å². The van der Waals surface area contributed by atoms with Gasteiger partial charge < -0.3 is 10.1 Å². The van der Waals surface area contributed by atoms with Crippen molar-refractivity contribution in [3.8, 4) is 5.75 Å². The van der Waals surface area contributed by atoms with Gasteiger partial charge >= 0.3 is 0 Å². The number of nitrogens with zero attached hydrogens (tertiary/aromatic N) is 1. The molecular formula is C24H25Cl2F2N3O3S2. The molecule has 2 atom stereocenters. The Labute approximate surface area is 224 Å². The van der Waals surface area contributed by atoms with Crippen LogP contribution in [0.1, 0.15) is 25.3 Å². The summed E-state index contributed by atoms with van der Waals surface area (Å²) in [5.41, 5.74) is 1.89. The van der Waals surface area contributed by atoms with E-state index in [2.05, 4.69) is 21.1 Å². The first-order valence-corrected chi connectivity index (χ1v) is 13.8. The molecule has 1 aliphatic rings. The van der Waals surface area contributed by atoms with E-state index in [1.54, 1.807) is 17.5 Å². The number of aromatic nitrogens is 1. The number of sulfonamides is 1. The Balaban J connectivity index is 0.00000361. The summed E-state index contributed by atoms with van der Waals surface area (Å²) in [5, 5.41) is 5.14. The number of ether oxygens (including phenoxy) is 1. The first-order valence-electron chi connectivity index (χ1n) is 11.0. The highest BCUT2D eigenvalue weighted by Crippen LogP contribution is 2.36. The molecule has 0 fully saturated rings. The van der Waals surface area contributed by atoms with E-state index in [9.17, 15) is 17.2 Å². The van der Waals surface area contributed by atoms with Gasteiger partial charge in [-0.3, -0.25) is 4.72 Å². The first kappa shape index (κ1) is 28.3. The summed E-state index contributed by atoms with van der Waals surface area (Å²) >= 11 is 7.38. The van der Waals surface area contributed by atoms with Crippen LogP contribution in [0.25, 0.3) is 5.57 Å². The van der Waals surface area contributed by atoms with E-state index in [1.165, 1.54) is 18.3 Å². The number of benzene rings is 2. The van der Waals surface area contributed by atoms with Crippen molar-refractivity contribution in [1.29, 1.82) is 0 Å². The van der Waals surface area contributed by atoms with Crippen molar-refractivity contribution >= 4 is 56.1 Å². The standard InChI is InChI=1S/C24H24ClF2N3O3S2.ClH/c1-2-28-21-5-3-4-17(15-6-8-16(26)9-7-15)18(21)14-33-22-13-20(27)23(12-19(22)25)35(31,32)30-24-29-10-11-34-24;/h4,6-13,18,21,28H,2-3,5,14H2,1H3,(H,29,30);1H/t18-,21-;/m1./s1. The van der Waals surface area contributed by atoms with Gasteiger partial charge in [0.2, 0.25) is 0 Å². The Morgan fingerprint density at radius 2 is 1.97 bits per heavy atom. The maximum atomic E-state index is 14.9. The summed E-state index contributed by atoms with van der Waals surface area (Å²) in [6.45, 7) is 2.94. The fourth-order valence-electron chi connectivity index (χ4n) is 4.12. The second-order valence-electron chi connectivity index (χ2n) is 7.98. The maximum absolute atomic E-state index is 14.9. The number of rotatable bonds is 9. The minimum Gasteiger partial charge on any atom is -0.491 e. The molecule has 0 radical (unpaired) electrons. The largest absolute Gasteiger partial charge is 0.491 e. The third-order valence-electron chi connectivity index (χ3n) is 5.72. The molecule has 1 aliphatic carbocycles. The highest BCUT2D eigenvalue weighted by atomic mass is 35.5. The monoisotopic (exact) mass is 575 g/mol. The topological polar surface area (TPSA) is 80.3 Å². The maximum Gasteiger partial charge on any atom is 0.266 e. The molecule has 2 aromatic carbocycles. The molecule has 4 rings (SSSR count). The van der Waals surface area contributed by atoms with Crippen molar-refractivity contribution in [2.45, 2.75) is 30.7 Å². The Kier molecular flexibility index (Phi) is 9.71. The van der Waals surface area contributed by atoms with Crippen LogP contribution < -0.4 is 14.8 Å². The lowest BCUT2D eigenvalue weighted by molar-refractivity contribution is 0.236. The predicted octanol–water partition coefficient (Wildman–Crippen LogP) is 6.15. The van der Waals surface area contributed by atoms with Crippen molar-refractivity contribution in [3.05, 3.63) is 76.3 Å². The Morgan fingerprint density at radius 3 is 2.64 bits per heavy atom. The van der Waals surface area contributed by atoms with Crippen LogP contribution in [0, 0.1) is 17.6 Å². The van der Waals surface area contributed by atoms with E-state index in [0.29, 0.717) is 0 Å². The summed E-state index contributed by atoms with van der Waals surface area (Å²) in [4.78, 5) is 3.26. The summed E-state index contributed by atoms with van der Waals surface area (Å²) in [5.74, 6) is -1.38. The smallest absolute Gasteiger partial charge is 0.266 e. The number of nitrogens with one attached hydrogen (secondary N) is 2. The number of hydrogen-bond donors (Lipinski definition) is 2. The lowest BCUT2D eigenvalue weighted by Crippen LogP contribution is -2.41. The highest BCUT2D eigenvalue weighted by molar-refractivity contribution is 7.93. The third-order valence-corrected chi connectivity index (χ3v) is 8.19. The number of halogens is 4. The van der Waals surface area contributed by atoms with Gasteiger partial charge in [-0.25, -0.2) is 22.2 Å². The van der Waals surface area contributed by atoms with Crippen LogP contribution >= 0.6 is 35.3 Å². The van der Waals surface area contributed by atoms with E-state index in [-0.39, 0.29) is 52.7 Å². The molecule has 36 heavy (non-hydrogen) atoms. The molecular weight excluding hydrogens is 551 g/mol. The van der Waals surface area contributed by atoms with Crippen LogP contribution in [0.4, 0.5) is 13.9 Å². The lowest BCUT2D eigenvalue weighted by Gasteiger charge is -2.33. The molecule has 194 valence electrons. The Morgan fingerprint density at radius 1 is 1.22 bits per heavy atom. The molecule has 0 aliphatic heterocycles. The molecule has 0 spiro atoms. The second kappa shape index (κ2) is 12.3. The van der Waals surface area contributed by atoms with E-state index >= 15 is 0 Å². The van der Waals surface area contributed by atoms with Gasteiger partial charge in [0.05, 0.1) is 11.6 Å². The van der Waals surface area contributed by atoms with Crippen molar-refractivity contribution in [3.63, 3.8) is 0 Å². The van der Waals surface area contributed by atoms with Crippen LogP contribution in [-0.2, 0) is 10.0 Å². The van der Waals surface area contributed by atoms with E-state index < -0.39 is 20.7 Å². The average molecular weight is 577 g/mol. The van der Waals surface area contributed by atoms with E-state index in [1.807, 2.05) is 6.92 Å². The second-order valence-corrected chi connectivity index (χ2v) is 10.9. The number of hydrogen-bond acceptors (Lipinski definition) is 6. The van der Waals surface area contributed by atoms with Crippen molar-refractivity contribution in [1.82, 2.24) is 10.3 Å². The molecule has 0 unspecified atom stereocenters. The van der Waals surface area contributed by atoms with Crippen LogP contribution in [0.15, 0.2) is 58.9 Å². The van der Waals surface area contributed by atoms with Crippen LogP contribution in [-0.4, -0.2) is 32.6 Å². The zero-order valence-corrected chi connectivity index (χ0v) is 22.4. The van der Waals surface area contributed by atoms with E-state index in [4.69, 9.17) is 16.3 Å². The fraction of sp³-hybridized carbons (Fsp3) is 0.292. The van der Waals surface area contributed by atoms with Crippen molar-refractivity contribution in [2.24, 2.45) is 5.92 Å². The van der Waals surface area contributed by atoms with Crippen LogP contribution in [0.2, 0.25) is 5.02 Å². The molecule has 6 nitrogen and oxygen atoms in total. The molecule has 1 heterocycles. The normalized spacial score (nSPS) is 17.7. The molecule has 0 saturated heterocycles. The molecule has 0 saturated carbocycles. The number of allylic oxidation sites excluding steroid dienone is 1. The minimum atomic E-state index is -4.22. The summed E-state index contributed by atoms with van der Waals surface area (Å²) < 4.78 is 61.7. The molecule has 1 aromatic heterocycles. The zero-order valence-electron chi connectivity index (χ0n) is 19.2. The SMILES string of the molecule is CCN[C@@H]1CCC=C(c2ccc(F)cc2)[C@H]1COc1cc(F)c(S(=O)(=O)Nc2nccs2)cc1Cl.Cl. The average Bonchev–Trinajstić information content (AvgIpc) is 3.33. The highest BCUT2D eigenvalue weighted by Gasteiger charge is 2.30. The molecule has 12 heteroatoms. The third kappa shape index (κ3) is 6.54. The fourth-order valence-corrected chi connectivity index (χ4v) is 6.28. The number of anilines is 1. The lowest BCUT2D eigenvalue weighted by atomic mass is 9.80. The zero-order chi connectivity index (χ0) is 25.0. The molecule has 0 amide bonds. The van der Waals surface area contributed by atoms with Crippen LogP contribution in [0.5, 0.6) is 5.75 Å². The van der Waals surface area contributed by atoms with Gasteiger partial charge in [-0.05, 0) is 48.7 Å². The van der Waals surface area contributed by atoms with Gasteiger partial charge in [0.1, 0.15) is 22.3 Å². The van der Waals surface area contributed by atoms with Gasteiger partial charge in [0, 0.05) is 29.6 Å². The Bertz CT molecular complexity index is 1300. The summed E-state index contributed by atoms with van der Waals surface area (Å²) in [6.07, 6.45) is 5.28. The minimum absolute atomic E-state index is 0. The van der Waals surface area contributed by atoms with E-state index in [0.717, 1.165) is 54.0 Å². The van der Waals surface area contributed by atoms with Gasteiger partial charge in [-0.1, -0.05) is 36.7 Å². The van der Waals surface area contributed by atoms with Gasteiger partial charge in [-0.2, -0.15) is 0 Å². The molecule has 2 N–H and O–H groups in total. The van der Waals surface area contributed by atoms with Gasteiger partial charge in [-0.15, -0.1) is 23.7 Å². The van der Waals surface area contributed by atoms with Crippen molar-refractivity contribution in [2.75, 3.05) is 17.9 Å². The summed E-state index contributed by atoms with van der Waals surface area (Å²) in [6, 6.07) is 8.38. The van der Waals surface area contributed by atoms with Gasteiger partial charge in [0.15, 0.2) is 5.13 Å². The molecule has 0 bridgehead atoms. The molecule has 3 aromatic rings.